The molecule has 82 valence electrons. The molecular formula is C11H14ClNO2. The summed E-state index contributed by atoms with van der Waals surface area (Å²) in [5.74, 6) is 0. The van der Waals surface area contributed by atoms with Crippen molar-refractivity contribution in [1.82, 2.24) is 5.32 Å². The molecule has 0 radical (unpaired) electrons. The van der Waals surface area contributed by atoms with Gasteiger partial charge in [-0.25, -0.2) is 0 Å². The number of rotatable bonds is 2. The van der Waals surface area contributed by atoms with Gasteiger partial charge in [-0.05, 0) is 6.07 Å². The van der Waals surface area contributed by atoms with E-state index in [4.69, 9.17) is 16.3 Å². The quantitative estimate of drug-likeness (QED) is 0.802. The van der Waals surface area contributed by atoms with E-state index in [9.17, 15) is 5.11 Å². The van der Waals surface area contributed by atoms with Gasteiger partial charge in [0.05, 0.1) is 25.4 Å². The summed E-state index contributed by atoms with van der Waals surface area (Å²) >= 11 is 6.01. The van der Waals surface area contributed by atoms with Crippen molar-refractivity contribution in [2.75, 3.05) is 19.8 Å². The van der Waals surface area contributed by atoms with E-state index in [0.717, 1.165) is 12.1 Å². The molecule has 0 aliphatic carbocycles. The SMILES string of the molecule is OC(c1ccccc1Cl)C1COCCN1. The maximum Gasteiger partial charge on any atom is 0.0979 e. The normalized spacial score (nSPS) is 23.7. The topological polar surface area (TPSA) is 41.5 Å². The molecule has 0 aromatic heterocycles. The number of hydrogen-bond donors (Lipinski definition) is 2. The number of morpholine rings is 1. The van der Waals surface area contributed by atoms with Gasteiger partial charge in [-0.2, -0.15) is 0 Å². The van der Waals surface area contributed by atoms with Gasteiger partial charge in [-0.3, -0.25) is 0 Å². The Kier molecular flexibility index (Phi) is 3.59. The second kappa shape index (κ2) is 4.94. The van der Waals surface area contributed by atoms with Gasteiger partial charge in [0.25, 0.3) is 0 Å². The minimum atomic E-state index is -0.612. The maximum atomic E-state index is 10.1. The Morgan fingerprint density at radius 1 is 1.47 bits per heavy atom. The van der Waals surface area contributed by atoms with Crippen molar-refractivity contribution < 1.29 is 9.84 Å². The number of nitrogens with one attached hydrogen (secondary N) is 1. The van der Waals surface area contributed by atoms with Crippen molar-refractivity contribution in [3.05, 3.63) is 34.9 Å². The number of benzene rings is 1. The summed E-state index contributed by atoms with van der Waals surface area (Å²) < 4.78 is 5.30. The van der Waals surface area contributed by atoms with Crippen LogP contribution in [0.4, 0.5) is 0 Å². The highest BCUT2D eigenvalue weighted by atomic mass is 35.5. The van der Waals surface area contributed by atoms with Crippen LogP contribution in [0.25, 0.3) is 0 Å². The molecule has 1 saturated heterocycles. The Morgan fingerprint density at radius 3 is 2.93 bits per heavy atom. The molecule has 2 N–H and O–H groups in total. The molecule has 0 saturated carbocycles. The minimum Gasteiger partial charge on any atom is -0.387 e. The smallest absolute Gasteiger partial charge is 0.0979 e. The lowest BCUT2D eigenvalue weighted by Gasteiger charge is -2.28. The van der Waals surface area contributed by atoms with Crippen LogP contribution in [0.1, 0.15) is 11.7 Å². The summed E-state index contributed by atoms with van der Waals surface area (Å²) in [7, 11) is 0. The standard InChI is InChI=1S/C11H14ClNO2/c12-9-4-2-1-3-8(9)11(14)10-7-15-6-5-13-10/h1-4,10-11,13-14H,5-7H2. The number of ether oxygens (including phenoxy) is 1. The Balaban J connectivity index is 2.12. The molecule has 15 heavy (non-hydrogen) atoms. The van der Waals surface area contributed by atoms with Gasteiger partial charge in [-0.15, -0.1) is 0 Å². The van der Waals surface area contributed by atoms with E-state index in [1.165, 1.54) is 0 Å². The van der Waals surface area contributed by atoms with Crippen LogP contribution < -0.4 is 5.32 Å². The molecule has 0 amide bonds. The lowest BCUT2D eigenvalue weighted by Crippen LogP contribution is -2.45. The van der Waals surface area contributed by atoms with E-state index in [1.807, 2.05) is 18.2 Å². The highest BCUT2D eigenvalue weighted by molar-refractivity contribution is 6.31. The van der Waals surface area contributed by atoms with Crippen LogP contribution in [0, 0.1) is 0 Å². The van der Waals surface area contributed by atoms with Crippen molar-refractivity contribution in [3.63, 3.8) is 0 Å². The molecule has 1 aliphatic heterocycles. The minimum absolute atomic E-state index is 0.0707. The van der Waals surface area contributed by atoms with Crippen molar-refractivity contribution in [2.24, 2.45) is 0 Å². The van der Waals surface area contributed by atoms with Crippen LogP contribution in [0.15, 0.2) is 24.3 Å². The van der Waals surface area contributed by atoms with Crippen molar-refractivity contribution in [2.45, 2.75) is 12.1 Å². The Bertz CT molecular complexity index is 326. The Hall–Kier alpha value is -0.610. The number of hydrogen-bond acceptors (Lipinski definition) is 3. The summed E-state index contributed by atoms with van der Waals surface area (Å²) in [5.41, 5.74) is 0.752. The molecule has 1 aromatic carbocycles. The predicted molar refractivity (Wildman–Crippen MR) is 59.0 cm³/mol. The lowest BCUT2D eigenvalue weighted by atomic mass is 10.0. The van der Waals surface area contributed by atoms with Crippen molar-refractivity contribution in [1.29, 1.82) is 0 Å². The van der Waals surface area contributed by atoms with Gasteiger partial charge in [0.2, 0.25) is 0 Å². The van der Waals surface area contributed by atoms with E-state index < -0.39 is 6.10 Å². The van der Waals surface area contributed by atoms with Gasteiger partial charge >= 0.3 is 0 Å². The van der Waals surface area contributed by atoms with Crippen LogP contribution in [0.3, 0.4) is 0 Å². The second-order valence-corrected chi connectivity index (χ2v) is 4.01. The van der Waals surface area contributed by atoms with Gasteiger partial charge in [0.1, 0.15) is 0 Å². The third-order valence-corrected chi connectivity index (χ3v) is 2.90. The number of aliphatic hydroxyl groups is 1. The zero-order chi connectivity index (χ0) is 10.7. The number of aliphatic hydroxyl groups excluding tert-OH is 1. The van der Waals surface area contributed by atoms with Crippen LogP contribution >= 0.6 is 11.6 Å². The van der Waals surface area contributed by atoms with E-state index in [-0.39, 0.29) is 6.04 Å². The highest BCUT2D eigenvalue weighted by Crippen LogP contribution is 2.25. The summed E-state index contributed by atoms with van der Waals surface area (Å²) in [6.45, 7) is 1.99. The first-order chi connectivity index (χ1) is 7.29. The van der Waals surface area contributed by atoms with Crippen LogP contribution in [-0.2, 0) is 4.74 Å². The fourth-order valence-electron chi connectivity index (χ4n) is 1.72. The molecule has 3 nitrogen and oxygen atoms in total. The van der Waals surface area contributed by atoms with E-state index >= 15 is 0 Å². The molecule has 1 aliphatic rings. The summed E-state index contributed by atoms with van der Waals surface area (Å²) in [6.07, 6.45) is -0.612. The average Bonchev–Trinajstić information content (AvgIpc) is 2.30. The third-order valence-electron chi connectivity index (χ3n) is 2.56. The van der Waals surface area contributed by atoms with Gasteiger partial charge in [0.15, 0.2) is 0 Å². The fraction of sp³-hybridized carbons (Fsp3) is 0.455. The molecule has 1 aromatic rings. The third kappa shape index (κ3) is 2.49. The molecule has 0 spiro atoms. The molecule has 2 rings (SSSR count). The monoisotopic (exact) mass is 227 g/mol. The summed E-state index contributed by atoms with van der Waals surface area (Å²) in [6, 6.07) is 7.27. The highest BCUT2D eigenvalue weighted by Gasteiger charge is 2.24. The predicted octanol–water partition coefficient (Wildman–Crippen LogP) is 1.36. The first-order valence-corrected chi connectivity index (χ1v) is 5.40. The average molecular weight is 228 g/mol. The molecule has 2 unspecified atom stereocenters. The van der Waals surface area contributed by atoms with E-state index in [2.05, 4.69) is 5.32 Å². The first kappa shape index (κ1) is 10.9. The van der Waals surface area contributed by atoms with Crippen molar-refractivity contribution >= 4 is 11.6 Å². The number of halogens is 1. The zero-order valence-corrected chi connectivity index (χ0v) is 9.07. The van der Waals surface area contributed by atoms with Crippen LogP contribution in [0.2, 0.25) is 5.02 Å². The molecular weight excluding hydrogens is 214 g/mol. The van der Waals surface area contributed by atoms with E-state index in [1.54, 1.807) is 6.07 Å². The first-order valence-electron chi connectivity index (χ1n) is 5.02. The van der Waals surface area contributed by atoms with Crippen LogP contribution in [-0.4, -0.2) is 30.9 Å². The summed E-state index contributed by atoms with van der Waals surface area (Å²) in [5, 5.41) is 13.9. The molecule has 1 heterocycles. The maximum absolute atomic E-state index is 10.1. The van der Waals surface area contributed by atoms with Crippen molar-refractivity contribution in [3.8, 4) is 0 Å². The fourth-order valence-corrected chi connectivity index (χ4v) is 1.97. The van der Waals surface area contributed by atoms with Gasteiger partial charge in [0, 0.05) is 17.1 Å². The second-order valence-electron chi connectivity index (χ2n) is 3.60. The van der Waals surface area contributed by atoms with Gasteiger partial charge < -0.3 is 15.2 Å². The zero-order valence-electron chi connectivity index (χ0n) is 8.32. The van der Waals surface area contributed by atoms with Crippen LogP contribution in [0.5, 0.6) is 0 Å². The Labute approximate surface area is 94.0 Å². The summed E-state index contributed by atoms with van der Waals surface area (Å²) in [4.78, 5) is 0. The molecule has 1 fully saturated rings. The lowest BCUT2D eigenvalue weighted by molar-refractivity contribution is 0.0177. The molecule has 2 atom stereocenters. The largest absolute Gasteiger partial charge is 0.387 e. The Morgan fingerprint density at radius 2 is 2.27 bits per heavy atom. The molecule has 0 bridgehead atoms. The molecule has 4 heteroatoms. The van der Waals surface area contributed by atoms with E-state index in [0.29, 0.717) is 18.2 Å². The van der Waals surface area contributed by atoms with Gasteiger partial charge in [-0.1, -0.05) is 29.8 Å².